The Morgan fingerprint density at radius 1 is 0.963 bits per heavy atom. The lowest BCUT2D eigenvalue weighted by atomic mass is 10.3. The minimum atomic E-state index is -3.52. The van der Waals surface area contributed by atoms with Crippen LogP contribution in [0, 0.1) is 0 Å². The van der Waals surface area contributed by atoms with E-state index in [1.54, 1.807) is 12.1 Å². The predicted octanol–water partition coefficient (Wildman–Crippen LogP) is 2.42. The molecule has 144 valence electrons. The van der Waals surface area contributed by atoms with Gasteiger partial charge in [-0.2, -0.15) is 4.31 Å². The van der Waals surface area contributed by atoms with Crippen LogP contribution in [0.2, 0.25) is 0 Å². The van der Waals surface area contributed by atoms with E-state index in [0.717, 1.165) is 22.8 Å². The molecule has 2 aromatic rings. The van der Waals surface area contributed by atoms with Crippen LogP contribution in [0.1, 0.15) is 6.42 Å². The Morgan fingerprint density at radius 3 is 2.48 bits per heavy atom. The fourth-order valence-electron chi connectivity index (χ4n) is 2.84. The van der Waals surface area contributed by atoms with Gasteiger partial charge < -0.3 is 14.2 Å². The molecule has 0 bridgehead atoms. The highest BCUT2D eigenvalue weighted by Gasteiger charge is 2.26. The maximum absolute atomic E-state index is 12.6. The third-order valence-electron chi connectivity index (χ3n) is 4.26. The van der Waals surface area contributed by atoms with Crippen molar-refractivity contribution in [2.75, 3.05) is 39.5 Å². The standard InChI is InChI=1S/C18H20N2O5S2/c21-27(22,20-6-10-23-11-7-20)15-3-5-18(19-13-15)26-14-2-4-16-17(12-14)25-9-1-8-24-16/h2-5,12-13H,1,6-11H2. The molecular weight excluding hydrogens is 388 g/mol. The number of fused-ring (bicyclic) bond motifs is 1. The summed E-state index contributed by atoms with van der Waals surface area (Å²) in [6.45, 7) is 2.87. The summed E-state index contributed by atoms with van der Waals surface area (Å²) in [5.41, 5.74) is 0. The molecule has 1 aromatic carbocycles. The van der Waals surface area contributed by atoms with Crippen molar-refractivity contribution in [3.05, 3.63) is 36.5 Å². The lowest BCUT2D eigenvalue weighted by Gasteiger charge is -2.25. The van der Waals surface area contributed by atoms with Crippen LogP contribution >= 0.6 is 11.8 Å². The molecule has 2 aliphatic heterocycles. The van der Waals surface area contributed by atoms with E-state index in [0.29, 0.717) is 44.5 Å². The number of sulfonamides is 1. The number of pyridine rings is 1. The quantitative estimate of drug-likeness (QED) is 0.769. The van der Waals surface area contributed by atoms with Gasteiger partial charge in [-0.3, -0.25) is 0 Å². The maximum atomic E-state index is 12.6. The molecule has 0 unspecified atom stereocenters. The van der Waals surface area contributed by atoms with Gasteiger partial charge in [-0.15, -0.1) is 0 Å². The third kappa shape index (κ3) is 4.21. The van der Waals surface area contributed by atoms with E-state index >= 15 is 0 Å². The summed E-state index contributed by atoms with van der Waals surface area (Å²) in [7, 11) is -3.52. The largest absolute Gasteiger partial charge is 0.490 e. The SMILES string of the molecule is O=S(=O)(c1ccc(Sc2ccc3c(c2)OCCCO3)nc1)N1CCOCC1. The highest BCUT2D eigenvalue weighted by Crippen LogP contribution is 2.36. The van der Waals surface area contributed by atoms with Gasteiger partial charge in [0.25, 0.3) is 0 Å². The molecule has 0 N–H and O–H groups in total. The van der Waals surface area contributed by atoms with Gasteiger partial charge in [0, 0.05) is 30.6 Å². The topological polar surface area (TPSA) is 78.0 Å². The Morgan fingerprint density at radius 2 is 1.74 bits per heavy atom. The van der Waals surface area contributed by atoms with Crippen molar-refractivity contribution in [3.8, 4) is 11.5 Å². The van der Waals surface area contributed by atoms with E-state index in [1.165, 1.54) is 22.3 Å². The van der Waals surface area contributed by atoms with Crippen molar-refractivity contribution in [1.29, 1.82) is 0 Å². The zero-order chi connectivity index (χ0) is 18.7. The number of rotatable bonds is 4. The van der Waals surface area contributed by atoms with Gasteiger partial charge in [-0.1, -0.05) is 11.8 Å². The molecule has 9 heteroatoms. The van der Waals surface area contributed by atoms with Crippen molar-refractivity contribution in [2.24, 2.45) is 0 Å². The van der Waals surface area contributed by atoms with Crippen molar-refractivity contribution in [2.45, 2.75) is 21.2 Å². The summed E-state index contributed by atoms with van der Waals surface area (Å²) in [4.78, 5) is 5.48. The number of nitrogens with zero attached hydrogens (tertiary/aromatic N) is 2. The van der Waals surface area contributed by atoms with Crippen molar-refractivity contribution in [3.63, 3.8) is 0 Å². The van der Waals surface area contributed by atoms with Crippen LogP contribution in [0.5, 0.6) is 11.5 Å². The Balaban J connectivity index is 1.49. The average molecular weight is 409 g/mol. The molecule has 0 spiro atoms. The van der Waals surface area contributed by atoms with Gasteiger partial charge in [0.1, 0.15) is 9.92 Å². The van der Waals surface area contributed by atoms with Crippen LogP contribution in [-0.4, -0.2) is 57.2 Å². The molecule has 27 heavy (non-hydrogen) atoms. The van der Waals surface area contributed by atoms with E-state index < -0.39 is 10.0 Å². The maximum Gasteiger partial charge on any atom is 0.244 e. The molecule has 7 nitrogen and oxygen atoms in total. The number of morpholine rings is 1. The van der Waals surface area contributed by atoms with E-state index in [9.17, 15) is 8.42 Å². The minimum Gasteiger partial charge on any atom is -0.490 e. The molecule has 2 aliphatic rings. The highest BCUT2D eigenvalue weighted by molar-refractivity contribution is 7.99. The first kappa shape index (κ1) is 18.5. The van der Waals surface area contributed by atoms with Crippen molar-refractivity contribution in [1.82, 2.24) is 9.29 Å². The van der Waals surface area contributed by atoms with E-state index in [-0.39, 0.29) is 4.90 Å². The first-order chi connectivity index (χ1) is 13.1. The molecule has 0 atom stereocenters. The van der Waals surface area contributed by atoms with Crippen LogP contribution in [0.15, 0.2) is 51.3 Å². The normalized spacial score (nSPS) is 18.1. The molecular formula is C18H20N2O5S2. The molecule has 1 fully saturated rings. The van der Waals surface area contributed by atoms with Crippen molar-refractivity contribution < 1.29 is 22.6 Å². The van der Waals surface area contributed by atoms with Gasteiger partial charge in [-0.25, -0.2) is 13.4 Å². The van der Waals surface area contributed by atoms with E-state index in [4.69, 9.17) is 14.2 Å². The lowest BCUT2D eigenvalue weighted by molar-refractivity contribution is 0.0730. The predicted molar refractivity (Wildman–Crippen MR) is 100.0 cm³/mol. The Kier molecular flexibility index (Phi) is 5.53. The number of ether oxygens (including phenoxy) is 3. The second kappa shape index (κ2) is 8.05. The van der Waals surface area contributed by atoms with Gasteiger partial charge >= 0.3 is 0 Å². The van der Waals surface area contributed by atoms with Crippen LogP contribution in [-0.2, 0) is 14.8 Å². The molecule has 0 radical (unpaired) electrons. The Bertz CT molecular complexity index is 896. The molecule has 0 aliphatic carbocycles. The molecule has 3 heterocycles. The molecule has 1 aromatic heterocycles. The van der Waals surface area contributed by atoms with Gasteiger partial charge in [0.2, 0.25) is 10.0 Å². The van der Waals surface area contributed by atoms with Crippen LogP contribution in [0.4, 0.5) is 0 Å². The zero-order valence-corrected chi connectivity index (χ0v) is 16.3. The highest BCUT2D eigenvalue weighted by atomic mass is 32.2. The zero-order valence-electron chi connectivity index (χ0n) is 14.7. The number of hydrogen-bond acceptors (Lipinski definition) is 7. The van der Waals surface area contributed by atoms with Gasteiger partial charge in [0.15, 0.2) is 11.5 Å². The fraction of sp³-hybridized carbons (Fsp3) is 0.389. The van der Waals surface area contributed by atoms with Crippen LogP contribution < -0.4 is 9.47 Å². The van der Waals surface area contributed by atoms with E-state index in [1.807, 2.05) is 18.2 Å². The summed E-state index contributed by atoms with van der Waals surface area (Å²) in [5, 5.41) is 0.713. The van der Waals surface area contributed by atoms with Crippen LogP contribution in [0.25, 0.3) is 0 Å². The van der Waals surface area contributed by atoms with Gasteiger partial charge in [0.05, 0.1) is 26.4 Å². The summed E-state index contributed by atoms with van der Waals surface area (Å²) in [5.74, 6) is 1.47. The second-order valence-corrected chi connectivity index (χ2v) is 9.14. The Hall–Kier alpha value is -1.81. The molecule has 4 rings (SSSR count). The number of aromatic nitrogens is 1. The summed E-state index contributed by atoms with van der Waals surface area (Å²) in [6.07, 6.45) is 2.27. The number of hydrogen-bond donors (Lipinski definition) is 0. The second-order valence-electron chi connectivity index (χ2n) is 6.11. The Labute approximate surface area is 162 Å². The summed E-state index contributed by atoms with van der Waals surface area (Å²) >= 11 is 1.45. The first-order valence-electron chi connectivity index (χ1n) is 8.74. The van der Waals surface area contributed by atoms with Crippen molar-refractivity contribution >= 4 is 21.8 Å². The summed E-state index contributed by atoms with van der Waals surface area (Å²) in [6, 6.07) is 9.08. The molecule has 0 saturated carbocycles. The van der Waals surface area contributed by atoms with E-state index in [2.05, 4.69) is 4.98 Å². The fourth-order valence-corrected chi connectivity index (χ4v) is 4.98. The average Bonchev–Trinajstić information content (AvgIpc) is 2.94. The minimum absolute atomic E-state index is 0.201. The first-order valence-corrected chi connectivity index (χ1v) is 11.0. The molecule has 1 saturated heterocycles. The summed E-state index contributed by atoms with van der Waals surface area (Å²) < 4.78 is 43.3. The monoisotopic (exact) mass is 408 g/mol. The lowest BCUT2D eigenvalue weighted by Crippen LogP contribution is -2.40. The van der Waals surface area contributed by atoms with Crippen LogP contribution in [0.3, 0.4) is 0 Å². The molecule has 0 amide bonds. The van der Waals surface area contributed by atoms with Gasteiger partial charge in [-0.05, 0) is 30.3 Å². The third-order valence-corrected chi connectivity index (χ3v) is 7.08. The number of benzene rings is 1. The smallest absolute Gasteiger partial charge is 0.244 e.